The fourth-order valence-corrected chi connectivity index (χ4v) is 7.65. The summed E-state index contributed by atoms with van der Waals surface area (Å²) in [7, 11) is -3.18. The highest BCUT2D eigenvalue weighted by atomic mass is 32.2. The van der Waals surface area contributed by atoms with Gasteiger partial charge in [-0.2, -0.15) is 5.10 Å². The first kappa shape index (κ1) is 17.6. The highest BCUT2D eigenvalue weighted by molar-refractivity contribution is 7.92. The fraction of sp³-hybridized carbons (Fsp3) is 0.778. The molecule has 3 aliphatic heterocycles. The Kier molecular flexibility index (Phi) is 4.29. The molecule has 3 fully saturated rings. The molecule has 1 aromatic heterocycles. The number of rotatable bonds is 3. The third kappa shape index (κ3) is 3.00. The van der Waals surface area contributed by atoms with Crippen LogP contribution in [0.4, 0.5) is 0 Å². The lowest BCUT2D eigenvalue weighted by Gasteiger charge is -2.25. The molecule has 3 atom stereocenters. The van der Waals surface area contributed by atoms with Crippen molar-refractivity contribution in [2.75, 3.05) is 25.4 Å². The number of likely N-dealkylation sites (tertiary alicyclic amines) is 1. The molecule has 1 saturated carbocycles. The SMILES string of the molecule is O=C(N[C@@H]1CS(=O)(=O)[C@H]2CN(C3CCCC3)C[C@@H]12)c1n[nH]c2c1COCC2. The van der Waals surface area contributed by atoms with Crippen molar-refractivity contribution in [2.45, 2.75) is 56.0 Å². The van der Waals surface area contributed by atoms with Crippen LogP contribution < -0.4 is 5.32 Å². The van der Waals surface area contributed by atoms with Gasteiger partial charge in [-0.05, 0) is 12.8 Å². The molecule has 8 nitrogen and oxygen atoms in total. The Bertz CT molecular complexity index is 846. The van der Waals surface area contributed by atoms with Crippen molar-refractivity contribution in [1.29, 1.82) is 0 Å². The third-order valence-corrected chi connectivity index (χ3v) is 9.04. The molecule has 0 bridgehead atoms. The summed E-state index contributed by atoms with van der Waals surface area (Å²) in [5.74, 6) is -0.279. The van der Waals surface area contributed by atoms with Crippen LogP contribution in [0.2, 0.25) is 0 Å². The van der Waals surface area contributed by atoms with Crippen molar-refractivity contribution in [1.82, 2.24) is 20.4 Å². The van der Waals surface area contributed by atoms with Gasteiger partial charge in [-0.15, -0.1) is 0 Å². The Balaban J connectivity index is 1.33. The van der Waals surface area contributed by atoms with Gasteiger partial charge in [-0.1, -0.05) is 12.8 Å². The van der Waals surface area contributed by atoms with Gasteiger partial charge in [-0.25, -0.2) is 8.42 Å². The number of ether oxygens (including phenoxy) is 1. The van der Waals surface area contributed by atoms with Crippen LogP contribution >= 0.6 is 0 Å². The number of amides is 1. The van der Waals surface area contributed by atoms with Crippen LogP contribution in [0.3, 0.4) is 0 Å². The van der Waals surface area contributed by atoms with Gasteiger partial charge in [0.15, 0.2) is 15.5 Å². The second-order valence-electron chi connectivity index (χ2n) is 8.34. The zero-order valence-electron chi connectivity index (χ0n) is 15.3. The molecule has 0 radical (unpaired) electrons. The minimum Gasteiger partial charge on any atom is -0.376 e. The van der Waals surface area contributed by atoms with Crippen LogP contribution in [-0.4, -0.2) is 72.2 Å². The standard InChI is InChI=1S/C18H26N4O4S/c23-18(17-13-9-26-6-5-14(13)20-21-17)19-15-10-27(24,25)16-8-22(7-12(15)16)11-3-1-2-4-11/h11-12,15-16H,1-10H2,(H,19,23)(H,20,21)/t12-,15+,16-/m0/s1. The van der Waals surface area contributed by atoms with E-state index in [2.05, 4.69) is 20.4 Å². The lowest BCUT2D eigenvalue weighted by molar-refractivity contribution is 0.0903. The van der Waals surface area contributed by atoms with Crippen molar-refractivity contribution in [3.63, 3.8) is 0 Å². The molecule has 0 aromatic carbocycles. The van der Waals surface area contributed by atoms with Crippen LogP contribution in [0.5, 0.6) is 0 Å². The Morgan fingerprint density at radius 3 is 2.89 bits per heavy atom. The highest BCUT2D eigenvalue weighted by Gasteiger charge is 2.53. The van der Waals surface area contributed by atoms with Gasteiger partial charge in [0.05, 0.1) is 24.2 Å². The van der Waals surface area contributed by atoms with E-state index < -0.39 is 9.84 Å². The van der Waals surface area contributed by atoms with Crippen molar-refractivity contribution in [2.24, 2.45) is 5.92 Å². The number of hydrogen-bond donors (Lipinski definition) is 2. The van der Waals surface area contributed by atoms with Gasteiger partial charge in [0.1, 0.15) is 0 Å². The van der Waals surface area contributed by atoms with Gasteiger partial charge in [0.2, 0.25) is 0 Å². The zero-order valence-corrected chi connectivity index (χ0v) is 16.1. The summed E-state index contributed by atoms with van der Waals surface area (Å²) in [4.78, 5) is 15.2. The van der Waals surface area contributed by atoms with Crippen LogP contribution in [-0.2, 0) is 27.6 Å². The second kappa shape index (κ2) is 6.56. The summed E-state index contributed by atoms with van der Waals surface area (Å²) in [6, 6.07) is 0.174. The second-order valence-corrected chi connectivity index (χ2v) is 10.6. The van der Waals surface area contributed by atoms with Crippen molar-refractivity contribution < 1.29 is 17.9 Å². The molecule has 1 amide bonds. The molecular weight excluding hydrogens is 368 g/mol. The predicted molar refractivity (Wildman–Crippen MR) is 98.1 cm³/mol. The minimum absolute atomic E-state index is 0.0226. The van der Waals surface area contributed by atoms with Crippen LogP contribution in [0.15, 0.2) is 0 Å². The monoisotopic (exact) mass is 394 g/mol. The number of nitrogens with zero attached hydrogens (tertiary/aromatic N) is 2. The molecule has 27 heavy (non-hydrogen) atoms. The Morgan fingerprint density at radius 2 is 2.07 bits per heavy atom. The fourth-order valence-electron chi connectivity index (χ4n) is 5.35. The maximum absolute atomic E-state index is 12.8. The van der Waals surface area contributed by atoms with Gasteiger partial charge >= 0.3 is 0 Å². The number of carbonyl (C=O) groups is 1. The first-order valence-corrected chi connectivity index (χ1v) is 11.6. The average molecular weight is 394 g/mol. The lowest BCUT2D eigenvalue weighted by atomic mass is 10.00. The molecular formula is C18H26N4O4S. The number of H-pyrrole nitrogens is 1. The van der Waals surface area contributed by atoms with E-state index in [9.17, 15) is 13.2 Å². The largest absolute Gasteiger partial charge is 0.376 e. The maximum atomic E-state index is 12.8. The average Bonchev–Trinajstić information content (AvgIpc) is 3.40. The normalized spacial score (nSPS) is 33.1. The minimum atomic E-state index is -3.18. The molecule has 4 heterocycles. The van der Waals surface area contributed by atoms with E-state index in [1.54, 1.807) is 0 Å². The number of sulfone groups is 1. The third-order valence-electron chi connectivity index (χ3n) is 6.80. The predicted octanol–water partition coefficient (Wildman–Crippen LogP) is 0.252. The van der Waals surface area contributed by atoms with E-state index in [1.165, 1.54) is 12.8 Å². The molecule has 2 N–H and O–H groups in total. The molecule has 1 aliphatic carbocycles. The molecule has 148 valence electrons. The van der Waals surface area contributed by atoms with Gasteiger partial charge in [0.25, 0.3) is 5.91 Å². The topological polar surface area (TPSA) is 104 Å². The Hall–Kier alpha value is -1.45. The number of fused-ring (bicyclic) bond motifs is 2. The van der Waals surface area contributed by atoms with E-state index in [0.29, 0.717) is 37.9 Å². The number of aromatic nitrogens is 2. The highest BCUT2D eigenvalue weighted by Crippen LogP contribution is 2.37. The summed E-state index contributed by atoms with van der Waals surface area (Å²) in [5, 5.41) is 9.72. The van der Waals surface area contributed by atoms with Crippen molar-refractivity contribution >= 4 is 15.7 Å². The molecule has 5 rings (SSSR count). The van der Waals surface area contributed by atoms with Crippen LogP contribution in [0.1, 0.15) is 47.4 Å². The Morgan fingerprint density at radius 1 is 1.26 bits per heavy atom. The van der Waals surface area contributed by atoms with Crippen molar-refractivity contribution in [3.05, 3.63) is 17.0 Å². The van der Waals surface area contributed by atoms with Crippen molar-refractivity contribution in [3.8, 4) is 0 Å². The molecule has 0 unspecified atom stereocenters. The molecule has 4 aliphatic rings. The summed E-state index contributed by atoms with van der Waals surface area (Å²) < 4.78 is 30.8. The number of aromatic amines is 1. The first-order valence-electron chi connectivity index (χ1n) is 9.93. The van der Waals surface area contributed by atoms with Gasteiger partial charge in [0, 0.05) is 48.8 Å². The summed E-state index contributed by atoms with van der Waals surface area (Å²) in [6.45, 7) is 2.38. The summed E-state index contributed by atoms with van der Waals surface area (Å²) in [5.41, 5.74) is 2.09. The molecule has 1 aromatic rings. The van der Waals surface area contributed by atoms with Crippen LogP contribution in [0, 0.1) is 5.92 Å². The van der Waals surface area contributed by atoms with E-state index >= 15 is 0 Å². The lowest BCUT2D eigenvalue weighted by Crippen LogP contribution is -2.43. The first-order chi connectivity index (χ1) is 13.0. The number of nitrogens with one attached hydrogen (secondary N) is 2. The van der Waals surface area contributed by atoms with E-state index in [-0.39, 0.29) is 28.9 Å². The smallest absolute Gasteiger partial charge is 0.272 e. The van der Waals surface area contributed by atoms with E-state index in [0.717, 1.165) is 30.6 Å². The molecule has 2 saturated heterocycles. The number of carbonyl (C=O) groups excluding carboxylic acids is 1. The van der Waals surface area contributed by atoms with E-state index in [4.69, 9.17) is 4.74 Å². The number of hydrogen-bond acceptors (Lipinski definition) is 6. The maximum Gasteiger partial charge on any atom is 0.272 e. The quantitative estimate of drug-likeness (QED) is 0.762. The zero-order chi connectivity index (χ0) is 18.6. The summed E-state index contributed by atoms with van der Waals surface area (Å²) in [6.07, 6.45) is 5.51. The molecule has 0 spiro atoms. The van der Waals surface area contributed by atoms with Gasteiger partial charge in [-0.3, -0.25) is 14.8 Å². The summed E-state index contributed by atoms with van der Waals surface area (Å²) >= 11 is 0. The van der Waals surface area contributed by atoms with E-state index in [1.807, 2.05) is 0 Å². The Labute approximate surface area is 158 Å². The molecule has 9 heteroatoms. The van der Waals surface area contributed by atoms with Crippen LogP contribution in [0.25, 0.3) is 0 Å². The van der Waals surface area contributed by atoms with Gasteiger partial charge < -0.3 is 10.1 Å².